The molecule has 2 aliphatic carbocycles. The van der Waals surface area contributed by atoms with Crippen LogP contribution in [0.3, 0.4) is 0 Å². The minimum absolute atomic E-state index is 0.0805. The van der Waals surface area contributed by atoms with Crippen LogP contribution < -0.4 is 15.8 Å². The van der Waals surface area contributed by atoms with Gasteiger partial charge in [0.1, 0.15) is 0 Å². The van der Waals surface area contributed by atoms with Crippen molar-refractivity contribution in [2.24, 2.45) is 17.8 Å². The molecule has 2 saturated carbocycles. The van der Waals surface area contributed by atoms with Crippen LogP contribution in [0, 0.1) is 23.2 Å². The molecule has 3 aliphatic rings. The molecule has 5 atom stereocenters. The zero-order valence-electron chi connectivity index (χ0n) is 20.2. The molecule has 0 radical (unpaired) electrons. The molecule has 0 aromatic carbocycles. The van der Waals surface area contributed by atoms with Crippen LogP contribution in [-0.4, -0.2) is 71.7 Å². The molecule has 1 unspecified atom stereocenters. The van der Waals surface area contributed by atoms with Crippen LogP contribution in [0.1, 0.15) is 39.2 Å². The van der Waals surface area contributed by atoms with Crippen molar-refractivity contribution in [3.63, 3.8) is 0 Å². The van der Waals surface area contributed by atoms with E-state index in [0.717, 1.165) is 44.2 Å². The summed E-state index contributed by atoms with van der Waals surface area (Å²) in [7, 11) is 2.17. The normalized spacial score (nSPS) is 30.4. The number of likely N-dealkylation sites (N-methyl/N-ethyl adjacent to an activating group) is 1. The summed E-state index contributed by atoms with van der Waals surface area (Å²) >= 11 is 0. The average molecular weight is 481 g/mol. The highest BCUT2D eigenvalue weighted by molar-refractivity contribution is 6.07. The number of allylic oxidation sites excluding steroid dienone is 2. The molecular weight excluding hydrogens is 445 g/mol. The first-order chi connectivity index (χ1) is 15.9. The number of anilines is 1. The van der Waals surface area contributed by atoms with Gasteiger partial charge in [-0.05, 0) is 64.6 Å². The van der Waals surface area contributed by atoms with E-state index in [-0.39, 0.29) is 23.1 Å². The van der Waals surface area contributed by atoms with Gasteiger partial charge in [0, 0.05) is 61.1 Å². The van der Waals surface area contributed by atoms with Gasteiger partial charge in [-0.2, -0.15) is 0 Å². The summed E-state index contributed by atoms with van der Waals surface area (Å²) in [4.78, 5) is 8.84. The Balaban J connectivity index is 1.46. The number of alkyl halides is 3. The summed E-state index contributed by atoms with van der Waals surface area (Å²) in [5.74, 6) is 0.564. The Labute approximate surface area is 199 Å². The first kappa shape index (κ1) is 24.8. The smallest absolute Gasteiger partial charge is 0.402 e. The molecule has 10 heteroatoms. The van der Waals surface area contributed by atoms with Gasteiger partial charge in [-0.15, -0.1) is 13.2 Å². The highest BCUT2D eigenvalue weighted by Gasteiger charge is 2.58. The minimum atomic E-state index is -4.87. The molecule has 0 amide bonds. The Morgan fingerprint density at radius 3 is 2.56 bits per heavy atom. The molecular formula is C24H35F3N6O. The van der Waals surface area contributed by atoms with Crippen molar-refractivity contribution in [3.8, 4) is 5.75 Å². The average Bonchev–Trinajstić information content (AvgIpc) is 3.21. The Morgan fingerprint density at radius 1 is 1.29 bits per heavy atom. The summed E-state index contributed by atoms with van der Waals surface area (Å²) in [6, 6.07) is 2.48. The number of hydrogen-bond donors (Lipinski definition) is 3. The summed E-state index contributed by atoms with van der Waals surface area (Å²) in [6.45, 7) is 9.71. The number of rotatable bonds is 7. The second-order valence-corrected chi connectivity index (χ2v) is 10.3. The molecule has 0 spiro atoms. The number of nitrogens with one attached hydrogen (secondary N) is 2. The van der Waals surface area contributed by atoms with E-state index in [1.807, 2.05) is 13.8 Å². The summed E-state index contributed by atoms with van der Waals surface area (Å²) in [5, 5.41) is 12.0. The Kier molecular flexibility index (Phi) is 6.83. The molecule has 1 saturated heterocycles. The van der Waals surface area contributed by atoms with Crippen molar-refractivity contribution in [2.75, 3.05) is 32.4 Å². The van der Waals surface area contributed by atoms with Gasteiger partial charge >= 0.3 is 6.36 Å². The number of nitrogens with zero attached hydrogens (tertiary/aromatic N) is 3. The third kappa shape index (κ3) is 5.49. The predicted octanol–water partition coefficient (Wildman–Crippen LogP) is 3.47. The molecule has 7 nitrogen and oxygen atoms in total. The van der Waals surface area contributed by atoms with Gasteiger partial charge < -0.3 is 26.1 Å². The highest BCUT2D eigenvalue weighted by atomic mass is 19.4. The lowest BCUT2D eigenvalue weighted by Crippen LogP contribution is -2.54. The van der Waals surface area contributed by atoms with Crippen molar-refractivity contribution in [3.05, 3.63) is 29.6 Å². The molecule has 0 bridgehead atoms. The molecule has 4 N–H and O–H groups in total. The van der Waals surface area contributed by atoms with Gasteiger partial charge in [-0.3, -0.25) is 4.90 Å². The fraction of sp³-hybridized carbons (Fsp3) is 0.667. The van der Waals surface area contributed by atoms with E-state index < -0.39 is 12.1 Å². The Bertz CT molecular complexity index is 937. The second kappa shape index (κ2) is 9.37. The number of aromatic nitrogens is 1. The van der Waals surface area contributed by atoms with Crippen molar-refractivity contribution in [1.82, 2.24) is 20.1 Å². The van der Waals surface area contributed by atoms with E-state index in [1.165, 1.54) is 6.20 Å². The van der Waals surface area contributed by atoms with Crippen LogP contribution in [0.15, 0.2) is 24.0 Å². The standard InChI is InChI=1S/C24H35F3N6O/c1-13(2)31-20(10-19(28)15-7-21(23(29)30-11-15)34-24(25,26)27)22-17-8-16(9-18(17)22)33-6-5-32(4)12-14(33)3/h7,10-11,13-14,16-18,22,28,31H,5-6,8-9,12H2,1-4H3,(H2,29,30)/b20-10-,28-19?/t14-,16?,17-,18+,22+/m0/s1. The van der Waals surface area contributed by atoms with Crippen molar-refractivity contribution >= 4 is 11.5 Å². The fourth-order valence-electron chi connectivity index (χ4n) is 5.86. The molecule has 2 heterocycles. The number of nitrogen functional groups attached to an aromatic ring is 1. The molecule has 188 valence electrons. The van der Waals surface area contributed by atoms with E-state index >= 15 is 0 Å². The Hall–Kier alpha value is -2.33. The second-order valence-electron chi connectivity index (χ2n) is 10.3. The molecule has 1 aromatic heterocycles. The largest absolute Gasteiger partial charge is 0.573 e. The SMILES string of the molecule is CC(C)N/C(=C\C(=N)c1cnc(N)c(OC(F)(F)F)c1)[C@H]1[C@@H]2CC(N3CCN(C)C[C@@H]3C)C[C@@H]21. The van der Waals surface area contributed by atoms with Crippen LogP contribution in [0.5, 0.6) is 5.75 Å². The lowest BCUT2D eigenvalue weighted by atomic mass is 9.99. The predicted molar refractivity (Wildman–Crippen MR) is 126 cm³/mol. The molecule has 4 rings (SSSR count). The lowest BCUT2D eigenvalue weighted by molar-refractivity contribution is -0.274. The van der Waals surface area contributed by atoms with Crippen molar-refractivity contribution in [1.29, 1.82) is 5.41 Å². The third-order valence-electron chi connectivity index (χ3n) is 7.30. The van der Waals surface area contributed by atoms with Crippen LogP contribution in [0.4, 0.5) is 19.0 Å². The van der Waals surface area contributed by atoms with E-state index in [4.69, 9.17) is 11.1 Å². The van der Waals surface area contributed by atoms with E-state index in [0.29, 0.717) is 29.8 Å². The number of hydrogen-bond acceptors (Lipinski definition) is 7. The zero-order chi connectivity index (χ0) is 24.8. The molecule has 34 heavy (non-hydrogen) atoms. The number of piperazine rings is 1. The lowest BCUT2D eigenvalue weighted by Gasteiger charge is -2.42. The van der Waals surface area contributed by atoms with Gasteiger partial charge in [0.15, 0.2) is 11.6 Å². The summed E-state index contributed by atoms with van der Waals surface area (Å²) in [5.41, 5.74) is 6.83. The van der Waals surface area contributed by atoms with Gasteiger partial charge in [-0.25, -0.2) is 4.98 Å². The summed E-state index contributed by atoms with van der Waals surface area (Å²) < 4.78 is 42.0. The van der Waals surface area contributed by atoms with E-state index in [1.54, 1.807) is 6.08 Å². The number of halogens is 3. The number of pyridine rings is 1. The van der Waals surface area contributed by atoms with Crippen LogP contribution in [0.2, 0.25) is 0 Å². The molecule has 1 aromatic rings. The maximum Gasteiger partial charge on any atom is 0.573 e. The highest BCUT2D eigenvalue weighted by Crippen LogP contribution is 2.61. The van der Waals surface area contributed by atoms with Crippen LogP contribution >= 0.6 is 0 Å². The van der Waals surface area contributed by atoms with Crippen LogP contribution in [0.25, 0.3) is 0 Å². The maximum atomic E-state index is 12.7. The third-order valence-corrected chi connectivity index (χ3v) is 7.30. The van der Waals surface area contributed by atoms with E-state index in [9.17, 15) is 13.2 Å². The topological polar surface area (TPSA) is 90.5 Å². The summed E-state index contributed by atoms with van der Waals surface area (Å²) in [6.07, 6.45) is 0.478. The first-order valence-corrected chi connectivity index (χ1v) is 12.0. The van der Waals surface area contributed by atoms with Crippen molar-refractivity contribution < 1.29 is 17.9 Å². The zero-order valence-corrected chi connectivity index (χ0v) is 20.2. The maximum absolute atomic E-state index is 12.7. The quantitative estimate of drug-likeness (QED) is 0.518. The molecule has 3 fully saturated rings. The first-order valence-electron chi connectivity index (χ1n) is 12.0. The van der Waals surface area contributed by atoms with Gasteiger partial charge in [0.2, 0.25) is 0 Å². The number of fused-ring (bicyclic) bond motifs is 1. The van der Waals surface area contributed by atoms with Crippen molar-refractivity contribution in [2.45, 2.75) is 58.1 Å². The number of nitrogens with two attached hydrogens (primary N) is 1. The van der Waals surface area contributed by atoms with Gasteiger partial charge in [0.05, 0.1) is 5.71 Å². The van der Waals surface area contributed by atoms with Gasteiger partial charge in [-0.1, -0.05) is 0 Å². The Morgan fingerprint density at radius 2 is 1.97 bits per heavy atom. The van der Waals surface area contributed by atoms with Gasteiger partial charge in [0.25, 0.3) is 0 Å². The fourth-order valence-corrected chi connectivity index (χ4v) is 5.86. The minimum Gasteiger partial charge on any atom is -0.402 e. The van der Waals surface area contributed by atoms with E-state index in [2.05, 4.69) is 38.8 Å². The van der Waals surface area contributed by atoms with Crippen LogP contribution in [-0.2, 0) is 0 Å². The monoisotopic (exact) mass is 480 g/mol. The molecule has 1 aliphatic heterocycles. The number of ether oxygens (including phenoxy) is 1.